The highest BCUT2D eigenvalue weighted by Gasteiger charge is 1.81. The molecule has 43 valence electrons. The molecule has 7 heavy (non-hydrogen) atoms. The van der Waals surface area contributed by atoms with Gasteiger partial charge in [-0.15, -0.1) is 0 Å². The Kier molecular flexibility index (Phi) is 5.78. The van der Waals surface area contributed by atoms with Crippen LogP contribution in [0.3, 0.4) is 0 Å². The van der Waals surface area contributed by atoms with Crippen molar-refractivity contribution in [3.63, 3.8) is 0 Å². The summed E-state index contributed by atoms with van der Waals surface area (Å²) in [7, 11) is 0. The van der Waals surface area contributed by atoms with Crippen molar-refractivity contribution in [3.8, 4) is 0 Å². The number of hydrogen-bond acceptors (Lipinski definition) is 2. The molecule has 0 unspecified atom stereocenters. The van der Waals surface area contributed by atoms with E-state index in [0.29, 0.717) is 13.2 Å². The molecular weight excluding hydrogens is 96.0 g/mol. The first kappa shape index (κ1) is 6.88. The number of hydrogen-bond donors (Lipinski definition) is 0. The molecule has 0 fully saturated rings. The quantitative estimate of drug-likeness (QED) is 0.294. The molecule has 0 bridgehead atoms. The molecule has 0 saturated heterocycles. The van der Waals surface area contributed by atoms with Crippen LogP contribution in [-0.4, -0.2) is 19.8 Å². The SMILES string of the molecule is CCOCCO[O]. The minimum atomic E-state index is 0.147. The largest absolute Gasteiger partial charge is 0.379 e. The van der Waals surface area contributed by atoms with E-state index in [1.165, 1.54) is 0 Å². The van der Waals surface area contributed by atoms with Crippen molar-refractivity contribution in [3.05, 3.63) is 0 Å². The fourth-order valence-electron chi connectivity index (χ4n) is 0.237. The second-order valence-electron chi connectivity index (χ2n) is 1.02. The zero-order valence-corrected chi connectivity index (χ0v) is 4.35. The first-order valence-electron chi connectivity index (χ1n) is 2.24. The predicted octanol–water partition coefficient (Wildman–Crippen LogP) is 0.385. The molecule has 0 aromatic carbocycles. The van der Waals surface area contributed by atoms with Gasteiger partial charge in [-0.05, 0) is 12.2 Å². The predicted molar refractivity (Wildman–Crippen MR) is 23.1 cm³/mol. The van der Waals surface area contributed by atoms with Crippen LogP contribution in [0.1, 0.15) is 6.92 Å². The van der Waals surface area contributed by atoms with Gasteiger partial charge in [-0.2, -0.15) is 0 Å². The molecule has 0 aromatic heterocycles. The molecule has 1 radical (unpaired) electrons. The van der Waals surface area contributed by atoms with E-state index in [9.17, 15) is 5.26 Å². The van der Waals surface area contributed by atoms with Gasteiger partial charge in [-0.1, -0.05) is 0 Å². The molecule has 0 aliphatic rings. The van der Waals surface area contributed by atoms with Gasteiger partial charge in [0.15, 0.2) is 0 Å². The average Bonchev–Trinajstić information content (AvgIpc) is 1.69. The van der Waals surface area contributed by atoms with Gasteiger partial charge in [0.1, 0.15) is 6.61 Å². The Hall–Kier alpha value is -0.120. The Balaban J connectivity index is 2.45. The molecule has 0 N–H and O–H groups in total. The van der Waals surface area contributed by atoms with Crippen LogP contribution in [0.5, 0.6) is 0 Å². The molecule has 0 atom stereocenters. The maximum Gasteiger partial charge on any atom is 0.109 e. The minimum Gasteiger partial charge on any atom is -0.379 e. The summed E-state index contributed by atoms with van der Waals surface area (Å²) in [5, 5.41) is 9.22. The third-order valence-corrected chi connectivity index (χ3v) is 0.515. The average molecular weight is 105 g/mol. The Morgan fingerprint density at radius 2 is 2.14 bits per heavy atom. The third-order valence-electron chi connectivity index (χ3n) is 0.515. The maximum atomic E-state index is 9.22. The first-order valence-corrected chi connectivity index (χ1v) is 2.24. The summed E-state index contributed by atoms with van der Waals surface area (Å²) >= 11 is 0. The van der Waals surface area contributed by atoms with Gasteiger partial charge >= 0.3 is 0 Å². The van der Waals surface area contributed by atoms with Gasteiger partial charge in [0.05, 0.1) is 6.61 Å². The minimum absolute atomic E-state index is 0.147. The Bertz CT molecular complexity index is 26.1. The van der Waals surface area contributed by atoms with Crippen LogP contribution in [-0.2, 0) is 14.9 Å². The zero-order chi connectivity index (χ0) is 5.54. The molecule has 0 saturated carbocycles. The summed E-state index contributed by atoms with van der Waals surface area (Å²) in [6.07, 6.45) is 0. The van der Waals surface area contributed by atoms with Crippen molar-refractivity contribution in [2.45, 2.75) is 6.92 Å². The summed E-state index contributed by atoms with van der Waals surface area (Å²) in [5.74, 6) is 0. The lowest BCUT2D eigenvalue weighted by atomic mass is 10.8. The Labute approximate surface area is 42.8 Å². The summed E-state index contributed by atoms with van der Waals surface area (Å²) in [4.78, 5) is 3.47. The third kappa shape index (κ3) is 5.88. The van der Waals surface area contributed by atoms with Crippen LogP contribution in [0.15, 0.2) is 0 Å². The molecule has 0 aliphatic carbocycles. The van der Waals surface area contributed by atoms with Crippen LogP contribution in [0.4, 0.5) is 0 Å². The van der Waals surface area contributed by atoms with Gasteiger partial charge in [0.25, 0.3) is 0 Å². The summed E-state index contributed by atoms with van der Waals surface area (Å²) < 4.78 is 4.75. The second kappa shape index (κ2) is 5.88. The van der Waals surface area contributed by atoms with E-state index < -0.39 is 0 Å². The van der Waals surface area contributed by atoms with E-state index in [1.54, 1.807) is 0 Å². The highest BCUT2D eigenvalue weighted by molar-refractivity contribution is 4.20. The van der Waals surface area contributed by atoms with Gasteiger partial charge in [0, 0.05) is 6.61 Å². The summed E-state index contributed by atoms with van der Waals surface area (Å²) in [6.45, 7) is 3.06. The molecule has 3 heteroatoms. The highest BCUT2D eigenvalue weighted by Crippen LogP contribution is 1.71. The topological polar surface area (TPSA) is 38.4 Å². The van der Waals surface area contributed by atoms with E-state index in [4.69, 9.17) is 4.74 Å². The summed E-state index contributed by atoms with van der Waals surface area (Å²) in [5.41, 5.74) is 0. The van der Waals surface area contributed by atoms with Gasteiger partial charge < -0.3 is 4.74 Å². The van der Waals surface area contributed by atoms with Crippen LogP contribution in [0, 0.1) is 0 Å². The van der Waals surface area contributed by atoms with Gasteiger partial charge in [-0.3, -0.25) is 0 Å². The molecule has 0 heterocycles. The van der Waals surface area contributed by atoms with Crippen LogP contribution >= 0.6 is 0 Å². The fraction of sp³-hybridized carbons (Fsp3) is 1.00. The van der Waals surface area contributed by atoms with Crippen molar-refractivity contribution in [1.29, 1.82) is 0 Å². The molecule has 0 spiro atoms. The lowest BCUT2D eigenvalue weighted by molar-refractivity contribution is -0.308. The normalized spacial score (nSPS) is 9.43. The van der Waals surface area contributed by atoms with Gasteiger partial charge in [-0.25, -0.2) is 4.89 Å². The van der Waals surface area contributed by atoms with Crippen molar-refractivity contribution in [1.82, 2.24) is 0 Å². The zero-order valence-electron chi connectivity index (χ0n) is 4.35. The maximum absolute atomic E-state index is 9.22. The Morgan fingerprint density at radius 3 is 2.57 bits per heavy atom. The van der Waals surface area contributed by atoms with E-state index in [0.717, 1.165) is 0 Å². The molecule has 0 aromatic rings. The fourth-order valence-corrected chi connectivity index (χ4v) is 0.237. The van der Waals surface area contributed by atoms with E-state index in [2.05, 4.69) is 4.89 Å². The van der Waals surface area contributed by atoms with E-state index in [-0.39, 0.29) is 6.61 Å². The highest BCUT2D eigenvalue weighted by atomic mass is 17.1. The number of ether oxygens (including phenoxy) is 1. The van der Waals surface area contributed by atoms with Crippen molar-refractivity contribution in [2.75, 3.05) is 19.8 Å². The number of rotatable bonds is 4. The van der Waals surface area contributed by atoms with E-state index in [1.807, 2.05) is 6.92 Å². The van der Waals surface area contributed by atoms with Gasteiger partial charge in [0.2, 0.25) is 0 Å². The van der Waals surface area contributed by atoms with Crippen molar-refractivity contribution >= 4 is 0 Å². The smallest absolute Gasteiger partial charge is 0.109 e. The van der Waals surface area contributed by atoms with Crippen molar-refractivity contribution in [2.24, 2.45) is 0 Å². The van der Waals surface area contributed by atoms with Crippen LogP contribution < -0.4 is 0 Å². The molecule has 0 aliphatic heterocycles. The van der Waals surface area contributed by atoms with Crippen LogP contribution in [0.25, 0.3) is 0 Å². The lowest BCUT2D eigenvalue weighted by Crippen LogP contribution is -1.99. The lowest BCUT2D eigenvalue weighted by Gasteiger charge is -1.93. The Morgan fingerprint density at radius 1 is 1.43 bits per heavy atom. The van der Waals surface area contributed by atoms with Crippen LogP contribution in [0.2, 0.25) is 0 Å². The monoisotopic (exact) mass is 105 g/mol. The first-order chi connectivity index (χ1) is 3.41. The summed E-state index contributed by atoms with van der Waals surface area (Å²) in [6, 6.07) is 0. The van der Waals surface area contributed by atoms with E-state index >= 15 is 0 Å². The molecule has 3 nitrogen and oxygen atoms in total. The molecular formula is C4H9O3. The second-order valence-corrected chi connectivity index (χ2v) is 1.02. The van der Waals surface area contributed by atoms with Crippen molar-refractivity contribution < 1.29 is 14.9 Å². The molecule has 0 rings (SSSR count). The molecule has 0 amide bonds. The standard InChI is InChI=1S/C4H9O3/c1-2-6-3-4-7-5/h2-4H2,1H3.